The second kappa shape index (κ2) is 10.1. The topological polar surface area (TPSA) is 64.7 Å². The van der Waals surface area contributed by atoms with Crippen LogP contribution in [0.25, 0.3) is 33.7 Å². The fourth-order valence-electron chi connectivity index (χ4n) is 6.26. The molecule has 0 radical (unpaired) electrons. The van der Waals surface area contributed by atoms with Gasteiger partial charge in [0.1, 0.15) is 0 Å². The molecule has 8 bridgehead atoms. The van der Waals surface area contributed by atoms with Gasteiger partial charge >= 0.3 is 21.1 Å². The number of hydrogen-bond acceptors (Lipinski definition) is 5. The molecule has 7 heterocycles. The number of hydrogen-bond donors (Lipinski definition) is 0. The van der Waals surface area contributed by atoms with Crippen molar-refractivity contribution in [3.05, 3.63) is 101 Å². The summed E-state index contributed by atoms with van der Waals surface area (Å²) in [6.45, 7) is 15.6. The Morgan fingerprint density at radius 1 is 0.682 bits per heavy atom. The third-order valence-electron chi connectivity index (χ3n) is 9.80. The van der Waals surface area contributed by atoms with Gasteiger partial charge in [0.15, 0.2) is 0 Å². The van der Waals surface area contributed by atoms with E-state index >= 15 is 0 Å². The third-order valence-corrected chi connectivity index (χ3v) is 9.80. The SMILES string of the molecule is Cc1cc2nc(c1)C(C)(C)c1cc(N(C)C)cc(n1)-n1[c-]c(c3ncccc31)C(C)(C)C(C)(C)c1[c-]n-2c2cccnc12.[Pt+2]. The summed E-state index contributed by atoms with van der Waals surface area (Å²) in [7, 11) is 4.13. The quantitative estimate of drug-likeness (QED) is 0.169. The Morgan fingerprint density at radius 3 is 1.66 bits per heavy atom. The van der Waals surface area contributed by atoms with Crippen molar-refractivity contribution in [2.24, 2.45) is 0 Å². The number of pyridine rings is 4. The van der Waals surface area contributed by atoms with Gasteiger partial charge in [-0.2, -0.15) is 0 Å². The van der Waals surface area contributed by atoms with Crippen LogP contribution in [0.4, 0.5) is 5.69 Å². The summed E-state index contributed by atoms with van der Waals surface area (Å²) >= 11 is 0. The van der Waals surface area contributed by atoms with E-state index in [0.29, 0.717) is 0 Å². The molecule has 0 unspecified atom stereocenters. The van der Waals surface area contributed by atoms with Crippen LogP contribution in [0.5, 0.6) is 0 Å². The number of nitrogens with zero attached hydrogens (tertiary/aromatic N) is 7. The smallest absolute Gasteiger partial charge is 0.427 e. The van der Waals surface area contributed by atoms with Crippen molar-refractivity contribution in [1.82, 2.24) is 29.1 Å². The van der Waals surface area contributed by atoms with Crippen molar-refractivity contribution in [2.75, 3.05) is 19.0 Å². The molecule has 0 aliphatic carbocycles. The standard InChI is InChI=1S/C36H37N7.Pt/c1-22-16-28-34(2,3)29-18-23(41(8)9)19-31(40-29)43-21-25(33-27(43)13-11-15-38-33)36(6,7)35(4,5)24-20-42(30(17-22)39-28)26-12-10-14-37-32(24)26;/h10-19H,1-9H3;/q-2;+2. The van der Waals surface area contributed by atoms with Gasteiger partial charge < -0.3 is 24.0 Å². The molecule has 1 aliphatic rings. The summed E-state index contributed by atoms with van der Waals surface area (Å²) in [5, 5.41) is 0. The molecule has 0 saturated carbocycles. The van der Waals surface area contributed by atoms with Crippen LogP contribution in [0.2, 0.25) is 0 Å². The maximum atomic E-state index is 5.32. The van der Waals surface area contributed by atoms with Crippen LogP contribution in [-0.2, 0) is 37.3 Å². The fourth-order valence-corrected chi connectivity index (χ4v) is 6.26. The van der Waals surface area contributed by atoms with E-state index in [9.17, 15) is 0 Å². The Morgan fingerprint density at radius 2 is 1.16 bits per heavy atom. The molecule has 8 heteroatoms. The zero-order valence-electron chi connectivity index (χ0n) is 26.7. The number of fused-ring (bicyclic) bond motifs is 16. The van der Waals surface area contributed by atoms with Crippen LogP contribution < -0.4 is 4.90 Å². The van der Waals surface area contributed by atoms with Gasteiger partial charge in [-0.15, -0.1) is 0 Å². The Bertz CT molecular complexity index is 2060. The molecule has 6 aromatic heterocycles. The summed E-state index contributed by atoms with van der Waals surface area (Å²) in [6, 6.07) is 16.8. The summed E-state index contributed by atoms with van der Waals surface area (Å²) in [6.07, 6.45) is 11.3. The molecular formula is C36H37N7Pt. The van der Waals surface area contributed by atoms with E-state index in [1.165, 1.54) is 0 Å². The van der Waals surface area contributed by atoms with Crippen LogP contribution in [0, 0.1) is 19.3 Å². The molecule has 0 N–H and O–H groups in total. The molecule has 0 spiro atoms. The first-order chi connectivity index (χ1) is 20.3. The normalized spacial score (nSPS) is 16.2. The van der Waals surface area contributed by atoms with Gasteiger partial charge in [-0.05, 0) is 60.8 Å². The van der Waals surface area contributed by atoms with Gasteiger partial charge in [-0.1, -0.05) is 98.1 Å². The van der Waals surface area contributed by atoms with Gasteiger partial charge in [0, 0.05) is 49.0 Å². The summed E-state index contributed by atoms with van der Waals surface area (Å²) in [4.78, 5) is 22.6. The van der Waals surface area contributed by atoms with Crippen molar-refractivity contribution in [3.63, 3.8) is 0 Å². The van der Waals surface area contributed by atoms with Gasteiger partial charge in [-0.25, -0.2) is 0 Å². The van der Waals surface area contributed by atoms with E-state index in [0.717, 1.165) is 67.5 Å². The van der Waals surface area contributed by atoms with Crippen molar-refractivity contribution in [2.45, 2.75) is 64.7 Å². The first kappa shape index (κ1) is 30.2. The van der Waals surface area contributed by atoms with Crippen LogP contribution >= 0.6 is 0 Å². The molecule has 0 amide bonds. The largest absolute Gasteiger partial charge is 2.00 e. The first-order valence-corrected chi connectivity index (χ1v) is 14.8. The average Bonchev–Trinajstić information content (AvgIpc) is 3.56. The number of rotatable bonds is 1. The Labute approximate surface area is 273 Å². The summed E-state index contributed by atoms with van der Waals surface area (Å²) < 4.78 is 4.17. The molecule has 0 atom stereocenters. The molecule has 44 heavy (non-hydrogen) atoms. The predicted molar refractivity (Wildman–Crippen MR) is 173 cm³/mol. The van der Waals surface area contributed by atoms with Crippen LogP contribution in [0.1, 0.15) is 69.6 Å². The predicted octanol–water partition coefficient (Wildman–Crippen LogP) is 7.02. The Balaban J connectivity index is 0.00000343. The maximum absolute atomic E-state index is 5.32. The van der Waals surface area contributed by atoms with Crippen LogP contribution in [0.3, 0.4) is 0 Å². The number of aromatic nitrogens is 6. The summed E-state index contributed by atoms with van der Waals surface area (Å²) in [5.41, 5.74) is 8.57. The summed E-state index contributed by atoms with van der Waals surface area (Å²) in [5.74, 6) is 1.63. The molecule has 7 nitrogen and oxygen atoms in total. The minimum absolute atomic E-state index is 0. The van der Waals surface area contributed by atoms with Gasteiger partial charge in [-0.3, -0.25) is 9.97 Å². The van der Waals surface area contributed by atoms with E-state index < -0.39 is 16.2 Å². The molecular weight excluding hydrogens is 726 g/mol. The Hall–Kier alpha value is -3.83. The minimum atomic E-state index is -0.506. The van der Waals surface area contributed by atoms with Crippen molar-refractivity contribution in [1.29, 1.82) is 0 Å². The van der Waals surface area contributed by atoms with E-state index in [2.05, 4.69) is 125 Å². The molecule has 0 saturated heterocycles. The maximum Gasteiger partial charge on any atom is 2.00 e. The molecule has 226 valence electrons. The zero-order valence-corrected chi connectivity index (χ0v) is 29.0. The molecule has 0 fully saturated rings. The molecule has 7 rings (SSSR count). The monoisotopic (exact) mass is 762 g/mol. The molecule has 0 aromatic carbocycles. The van der Waals surface area contributed by atoms with E-state index in [1.807, 2.05) is 24.5 Å². The van der Waals surface area contributed by atoms with Gasteiger partial charge in [0.05, 0.1) is 11.6 Å². The average molecular weight is 763 g/mol. The first-order valence-electron chi connectivity index (χ1n) is 14.8. The van der Waals surface area contributed by atoms with E-state index in [1.54, 1.807) is 0 Å². The minimum Gasteiger partial charge on any atom is -0.427 e. The zero-order chi connectivity index (χ0) is 30.5. The van der Waals surface area contributed by atoms with Crippen LogP contribution in [-0.4, -0.2) is 43.2 Å². The fraction of sp³-hybridized carbons (Fsp3) is 0.333. The van der Waals surface area contributed by atoms with Gasteiger partial charge in [0.2, 0.25) is 0 Å². The van der Waals surface area contributed by atoms with Gasteiger partial charge in [0.25, 0.3) is 0 Å². The van der Waals surface area contributed by atoms with E-state index in [4.69, 9.17) is 19.9 Å². The Kier molecular flexibility index (Phi) is 6.93. The van der Waals surface area contributed by atoms with E-state index in [-0.39, 0.29) is 21.1 Å². The van der Waals surface area contributed by atoms with Crippen molar-refractivity contribution >= 4 is 27.8 Å². The molecule has 6 aromatic rings. The second-order valence-corrected chi connectivity index (χ2v) is 13.6. The van der Waals surface area contributed by atoms with Crippen LogP contribution in [0.15, 0.2) is 60.9 Å². The number of aryl methyl sites for hydroxylation is 1. The third kappa shape index (κ3) is 4.27. The van der Waals surface area contributed by atoms with Crippen molar-refractivity contribution < 1.29 is 21.1 Å². The second-order valence-electron chi connectivity index (χ2n) is 13.6. The van der Waals surface area contributed by atoms with Crippen molar-refractivity contribution in [3.8, 4) is 11.6 Å². The molecule has 1 aliphatic heterocycles. The number of anilines is 1.